The number of carbonyl (C=O) groups excluding carboxylic acids is 1. The largest absolute Gasteiger partial charge is 0.302 e. The lowest BCUT2D eigenvalue weighted by molar-refractivity contribution is -0.116. The van der Waals surface area contributed by atoms with Gasteiger partial charge in [0.15, 0.2) is 15.0 Å². The van der Waals surface area contributed by atoms with E-state index in [-0.39, 0.29) is 4.90 Å². The zero-order valence-corrected chi connectivity index (χ0v) is 21.1. The van der Waals surface area contributed by atoms with Gasteiger partial charge in [0, 0.05) is 18.1 Å². The number of carbonyl (C=O) groups is 1. The van der Waals surface area contributed by atoms with E-state index in [1.165, 1.54) is 40.5 Å². The molecule has 9 heteroatoms. The molecule has 1 aromatic heterocycles. The van der Waals surface area contributed by atoms with Crippen molar-refractivity contribution in [1.29, 1.82) is 0 Å². The zero-order valence-electron chi connectivity index (χ0n) is 18.8. The van der Waals surface area contributed by atoms with Gasteiger partial charge in [-0.1, -0.05) is 36.8 Å². The Morgan fingerprint density at radius 1 is 1.03 bits per heavy atom. The van der Waals surface area contributed by atoms with E-state index < -0.39 is 21.5 Å². The minimum atomic E-state index is -3.81. The first-order valence-electron chi connectivity index (χ1n) is 10.5. The molecule has 2 aromatic carbocycles. The number of amides is 1. The highest BCUT2D eigenvalue weighted by Gasteiger charge is 2.27. The molecule has 32 heavy (non-hydrogen) atoms. The Morgan fingerprint density at radius 3 is 2.28 bits per heavy atom. The standard InChI is InChI=1S/C23H28ClN3O3S2/c1-5-26(6-2)11-12-27(23-25-20-13-16(3)17(4)14-21(20)31-23)22(28)15-32(29,30)19-9-7-18(24)8-10-19/h7-10,13-14H,5-6,11-12,15H2,1-4H3. The molecule has 0 radical (unpaired) electrons. The molecular weight excluding hydrogens is 466 g/mol. The van der Waals surface area contributed by atoms with Crippen LogP contribution in [0.25, 0.3) is 10.2 Å². The normalized spacial score (nSPS) is 11.9. The van der Waals surface area contributed by atoms with E-state index in [1.807, 2.05) is 19.9 Å². The predicted octanol–water partition coefficient (Wildman–Crippen LogP) is 4.72. The van der Waals surface area contributed by atoms with Crippen LogP contribution in [-0.2, 0) is 14.6 Å². The number of halogens is 1. The highest BCUT2D eigenvalue weighted by atomic mass is 35.5. The molecule has 172 valence electrons. The fraction of sp³-hybridized carbons (Fsp3) is 0.391. The van der Waals surface area contributed by atoms with E-state index in [1.54, 1.807) is 0 Å². The third-order valence-corrected chi connectivity index (χ3v) is 8.46. The number of benzene rings is 2. The van der Waals surface area contributed by atoms with Gasteiger partial charge in [0.05, 0.1) is 15.1 Å². The Labute approximate surface area is 198 Å². The van der Waals surface area contributed by atoms with Gasteiger partial charge >= 0.3 is 0 Å². The number of thiazole rings is 1. The molecule has 0 N–H and O–H groups in total. The fourth-order valence-corrected chi connectivity index (χ4v) is 5.77. The average molecular weight is 494 g/mol. The van der Waals surface area contributed by atoms with Crippen molar-refractivity contribution < 1.29 is 13.2 Å². The Balaban J connectivity index is 1.93. The quantitative estimate of drug-likeness (QED) is 0.431. The van der Waals surface area contributed by atoms with Crippen molar-refractivity contribution in [1.82, 2.24) is 9.88 Å². The van der Waals surface area contributed by atoms with Crippen LogP contribution in [0, 0.1) is 13.8 Å². The summed E-state index contributed by atoms with van der Waals surface area (Å²) in [5.74, 6) is -1.11. The summed E-state index contributed by atoms with van der Waals surface area (Å²) in [5.41, 5.74) is 3.09. The Bertz CT molecular complexity index is 1160. The molecule has 0 spiro atoms. The van der Waals surface area contributed by atoms with Crippen molar-refractivity contribution in [3.8, 4) is 0 Å². The maximum atomic E-state index is 13.3. The van der Waals surface area contributed by atoms with E-state index in [0.717, 1.165) is 34.4 Å². The van der Waals surface area contributed by atoms with Crippen LogP contribution in [0.1, 0.15) is 25.0 Å². The van der Waals surface area contributed by atoms with Crippen molar-refractivity contribution >= 4 is 54.0 Å². The van der Waals surface area contributed by atoms with Gasteiger partial charge in [-0.05, 0) is 74.5 Å². The molecule has 0 saturated carbocycles. The minimum Gasteiger partial charge on any atom is -0.302 e. The average Bonchev–Trinajstić information content (AvgIpc) is 3.13. The van der Waals surface area contributed by atoms with Crippen molar-refractivity contribution in [2.24, 2.45) is 0 Å². The highest BCUT2D eigenvalue weighted by Crippen LogP contribution is 2.31. The topological polar surface area (TPSA) is 70.6 Å². The van der Waals surface area contributed by atoms with Crippen LogP contribution >= 0.6 is 22.9 Å². The van der Waals surface area contributed by atoms with Gasteiger partial charge in [-0.2, -0.15) is 0 Å². The van der Waals surface area contributed by atoms with Gasteiger partial charge in [0.1, 0.15) is 5.75 Å². The second-order valence-electron chi connectivity index (χ2n) is 7.69. The minimum absolute atomic E-state index is 0.0782. The SMILES string of the molecule is CCN(CC)CCN(C(=O)CS(=O)(=O)c1ccc(Cl)cc1)c1nc2cc(C)c(C)cc2s1. The van der Waals surface area contributed by atoms with Gasteiger partial charge in [0.25, 0.3) is 0 Å². The first-order chi connectivity index (χ1) is 15.1. The van der Waals surface area contributed by atoms with Crippen molar-refractivity contribution in [3.63, 3.8) is 0 Å². The van der Waals surface area contributed by atoms with Crippen LogP contribution in [0.15, 0.2) is 41.3 Å². The first kappa shape index (κ1) is 24.6. The van der Waals surface area contributed by atoms with E-state index in [2.05, 4.69) is 29.8 Å². The third kappa shape index (κ3) is 5.67. The molecular formula is C23H28ClN3O3S2. The number of hydrogen-bond donors (Lipinski definition) is 0. The van der Waals surface area contributed by atoms with E-state index in [9.17, 15) is 13.2 Å². The second kappa shape index (κ2) is 10.3. The maximum Gasteiger partial charge on any atom is 0.244 e. The lowest BCUT2D eigenvalue weighted by atomic mass is 10.1. The number of sulfone groups is 1. The number of aromatic nitrogens is 1. The molecule has 1 amide bonds. The van der Waals surface area contributed by atoms with Crippen molar-refractivity contribution in [2.45, 2.75) is 32.6 Å². The summed E-state index contributed by atoms with van der Waals surface area (Å²) in [6, 6.07) is 9.93. The van der Waals surface area contributed by atoms with Crippen LogP contribution in [0.2, 0.25) is 5.02 Å². The molecule has 0 aliphatic carbocycles. The second-order valence-corrected chi connectivity index (χ2v) is 11.1. The predicted molar refractivity (Wildman–Crippen MR) is 133 cm³/mol. The number of rotatable bonds is 9. The van der Waals surface area contributed by atoms with Crippen molar-refractivity contribution in [3.05, 3.63) is 52.5 Å². The Kier molecular flexibility index (Phi) is 7.92. The van der Waals surface area contributed by atoms with E-state index in [4.69, 9.17) is 11.6 Å². The number of fused-ring (bicyclic) bond motifs is 1. The van der Waals surface area contributed by atoms with E-state index >= 15 is 0 Å². The molecule has 0 saturated heterocycles. The highest BCUT2D eigenvalue weighted by molar-refractivity contribution is 7.92. The lowest BCUT2D eigenvalue weighted by Gasteiger charge is -2.24. The smallest absolute Gasteiger partial charge is 0.244 e. The molecule has 0 fully saturated rings. The monoisotopic (exact) mass is 493 g/mol. The molecule has 3 rings (SSSR count). The van der Waals surface area contributed by atoms with Gasteiger partial charge < -0.3 is 4.90 Å². The number of anilines is 1. The molecule has 6 nitrogen and oxygen atoms in total. The lowest BCUT2D eigenvalue weighted by Crippen LogP contribution is -2.41. The third-order valence-electron chi connectivity index (χ3n) is 5.55. The van der Waals surface area contributed by atoms with Crippen LogP contribution in [0.3, 0.4) is 0 Å². The van der Waals surface area contributed by atoms with Crippen LogP contribution < -0.4 is 4.90 Å². The summed E-state index contributed by atoms with van der Waals surface area (Å²) in [6.07, 6.45) is 0. The number of hydrogen-bond acceptors (Lipinski definition) is 6. The van der Waals surface area contributed by atoms with Crippen LogP contribution in [-0.4, -0.2) is 56.1 Å². The molecule has 0 unspecified atom stereocenters. The number of likely N-dealkylation sites (N-methyl/N-ethyl adjacent to an activating group) is 1. The number of nitrogens with zero attached hydrogens (tertiary/aromatic N) is 3. The molecule has 0 atom stereocenters. The molecule has 0 aliphatic rings. The summed E-state index contributed by atoms with van der Waals surface area (Å²) in [7, 11) is -3.81. The van der Waals surface area contributed by atoms with Gasteiger partial charge in [-0.3, -0.25) is 9.69 Å². The summed E-state index contributed by atoms with van der Waals surface area (Å²) >= 11 is 7.29. The Hall–Kier alpha value is -2.00. The van der Waals surface area contributed by atoms with Gasteiger partial charge in [0.2, 0.25) is 5.91 Å². The summed E-state index contributed by atoms with van der Waals surface area (Å²) < 4.78 is 26.7. The zero-order chi connectivity index (χ0) is 23.5. The molecule has 0 aliphatic heterocycles. The summed E-state index contributed by atoms with van der Waals surface area (Å²) in [4.78, 5) is 21.7. The molecule has 0 bridgehead atoms. The first-order valence-corrected chi connectivity index (χ1v) is 13.4. The fourth-order valence-electron chi connectivity index (χ4n) is 3.36. The van der Waals surface area contributed by atoms with Crippen LogP contribution in [0.5, 0.6) is 0 Å². The summed E-state index contributed by atoms with van der Waals surface area (Å²) in [6.45, 7) is 10.9. The summed E-state index contributed by atoms with van der Waals surface area (Å²) in [5, 5.41) is 0.963. The molecule has 1 heterocycles. The van der Waals surface area contributed by atoms with Crippen molar-refractivity contribution in [2.75, 3.05) is 36.8 Å². The maximum absolute atomic E-state index is 13.3. The van der Waals surface area contributed by atoms with Gasteiger partial charge in [-0.25, -0.2) is 13.4 Å². The van der Waals surface area contributed by atoms with E-state index in [0.29, 0.717) is 23.2 Å². The molecule has 3 aromatic rings. The van der Waals surface area contributed by atoms with Crippen LogP contribution in [0.4, 0.5) is 5.13 Å². The number of aryl methyl sites for hydroxylation is 2. The Morgan fingerprint density at radius 2 is 1.66 bits per heavy atom. The van der Waals surface area contributed by atoms with Gasteiger partial charge in [-0.15, -0.1) is 0 Å².